The molecule has 0 bridgehead atoms. The van der Waals surface area contributed by atoms with Gasteiger partial charge in [-0.2, -0.15) is 0 Å². The lowest BCUT2D eigenvalue weighted by Crippen LogP contribution is -2.22. The molecule has 0 radical (unpaired) electrons. The van der Waals surface area contributed by atoms with Gasteiger partial charge in [-0.25, -0.2) is 4.98 Å². The van der Waals surface area contributed by atoms with Crippen LogP contribution in [0, 0.1) is 6.92 Å². The summed E-state index contributed by atoms with van der Waals surface area (Å²) in [7, 11) is 0. The van der Waals surface area contributed by atoms with Crippen LogP contribution in [-0.4, -0.2) is 23.0 Å². The van der Waals surface area contributed by atoms with E-state index < -0.39 is 0 Å². The molecule has 0 aliphatic rings. The summed E-state index contributed by atoms with van der Waals surface area (Å²) in [6.45, 7) is 10.5. The Labute approximate surface area is 125 Å². The fourth-order valence-corrected chi connectivity index (χ4v) is 2.91. The standard InChI is InChI=1S/C16H23N3S/c1-4-19(5-2)11-14-8-6-7-9-15(14)17-10-16-13(3)18-12-20-16/h6-9,12,17H,4-5,10-11H2,1-3H3. The highest BCUT2D eigenvalue weighted by Crippen LogP contribution is 2.20. The molecule has 0 fully saturated rings. The minimum absolute atomic E-state index is 0.853. The molecule has 0 atom stereocenters. The number of hydrogen-bond donors (Lipinski definition) is 1. The first-order chi connectivity index (χ1) is 9.74. The molecule has 2 aromatic rings. The van der Waals surface area contributed by atoms with Crippen LogP contribution in [0.3, 0.4) is 0 Å². The smallest absolute Gasteiger partial charge is 0.0798 e. The summed E-state index contributed by atoms with van der Waals surface area (Å²) in [6, 6.07) is 8.57. The van der Waals surface area contributed by atoms with E-state index >= 15 is 0 Å². The maximum Gasteiger partial charge on any atom is 0.0798 e. The minimum Gasteiger partial charge on any atom is -0.380 e. The molecular weight excluding hydrogens is 266 g/mol. The number of rotatable bonds is 7. The van der Waals surface area contributed by atoms with Crippen LogP contribution in [0.15, 0.2) is 29.8 Å². The SMILES string of the molecule is CCN(CC)Cc1ccccc1NCc1scnc1C. The van der Waals surface area contributed by atoms with E-state index in [2.05, 4.69) is 60.2 Å². The van der Waals surface area contributed by atoms with Gasteiger partial charge in [-0.3, -0.25) is 4.90 Å². The number of benzene rings is 1. The van der Waals surface area contributed by atoms with Crippen LogP contribution in [0.25, 0.3) is 0 Å². The second-order valence-corrected chi connectivity index (χ2v) is 5.77. The van der Waals surface area contributed by atoms with Crippen molar-refractivity contribution >= 4 is 17.0 Å². The Kier molecular flexibility index (Phi) is 5.56. The van der Waals surface area contributed by atoms with Crippen molar-refractivity contribution in [2.75, 3.05) is 18.4 Å². The second-order valence-electron chi connectivity index (χ2n) is 4.83. The van der Waals surface area contributed by atoms with Crippen molar-refractivity contribution in [3.63, 3.8) is 0 Å². The maximum atomic E-state index is 4.30. The van der Waals surface area contributed by atoms with E-state index in [1.54, 1.807) is 11.3 Å². The molecule has 1 heterocycles. The lowest BCUT2D eigenvalue weighted by molar-refractivity contribution is 0.296. The lowest BCUT2D eigenvalue weighted by Gasteiger charge is -2.20. The predicted octanol–water partition coefficient (Wildman–Crippen LogP) is 3.91. The van der Waals surface area contributed by atoms with Crippen LogP contribution in [0.5, 0.6) is 0 Å². The first-order valence-corrected chi connectivity index (χ1v) is 8.05. The van der Waals surface area contributed by atoms with E-state index in [1.165, 1.54) is 16.1 Å². The van der Waals surface area contributed by atoms with Gasteiger partial charge in [0.25, 0.3) is 0 Å². The summed E-state index contributed by atoms with van der Waals surface area (Å²) in [4.78, 5) is 8.03. The molecule has 0 saturated heterocycles. The van der Waals surface area contributed by atoms with Gasteiger partial charge in [-0.1, -0.05) is 32.0 Å². The average molecular weight is 289 g/mol. The third-order valence-corrected chi connectivity index (χ3v) is 4.53. The molecule has 0 amide bonds. The molecule has 3 nitrogen and oxygen atoms in total. The van der Waals surface area contributed by atoms with E-state index in [4.69, 9.17) is 0 Å². The van der Waals surface area contributed by atoms with E-state index in [1.807, 2.05) is 5.51 Å². The molecule has 4 heteroatoms. The van der Waals surface area contributed by atoms with E-state index in [-0.39, 0.29) is 0 Å². The third-order valence-electron chi connectivity index (χ3n) is 3.59. The minimum atomic E-state index is 0.853. The van der Waals surface area contributed by atoms with Crippen molar-refractivity contribution in [3.05, 3.63) is 45.9 Å². The van der Waals surface area contributed by atoms with Crippen molar-refractivity contribution in [1.29, 1.82) is 0 Å². The van der Waals surface area contributed by atoms with E-state index in [9.17, 15) is 0 Å². The van der Waals surface area contributed by atoms with Crippen molar-refractivity contribution < 1.29 is 0 Å². The summed E-state index contributed by atoms with van der Waals surface area (Å²) in [5.41, 5.74) is 5.63. The molecule has 0 unspecified atom stereocenters. The molecule has 1 aromatic carbocycles. The highest BCUT2D eigenvalue weighted by molar-refractivity contribution is 7.09. The monoisotopic (exact) mass is 289 g/mol. The van der Waals surface area contributed by atoms with Gasteiger partial charge in [-0.15, -0.1) is 11.3 Å². The topological polar surface area (TPSA) is 28.2 Å². The average Bonchev–Trinajstić information content (AvgIpc) is 2.89. The predicted molar refractivity (Wildman–Crippen MR) is 87.2 cm³/mol. The first kappa shape index (κ1) is 15.0. The van der Waals surface area contributed by atoms with Crippen LogP contribution in [-0.2, 0) is 13.1 Å². The van der Waals surface area contributed by atoms with Crippen molar-refractivity contribution in [1.82, 2.24) is 9.88 Å². The Morgan fingerprint density at radius 3 is 2.60 bits per heavy atom. The van der Waals surface area contributed by atoms with Gasteiger partial charge in [-0.05, 0) is 31.6 Å². The normalized spacial score (nSPS) is 11.0. The number of aryl methyl sites for hydroxylation is 1. The zero-order valence-corrected chi connectivity index (χ0v) is 13.3. The van der Waals surface area contributed by atoms with Crippen LogP contribution < -0.4 is 5.32 Å². The van der Waals surface area contributed by atoms with Gasteiger partial charge in [0, 0.05) is 17.1 Å². The molecule has 2 rings (SSSR count). The molecule has 1 aromatic heterocycles. The number of thiazole rings is 1. The second kappa shape index (κ2) is 7.41. The Morgan fingerprint density at radius 1 is 1.20 bits per heavy atom. The molecule has 0 aliphatic carbocycles. The van der Waals surface area contributed by atoms with Crippen molar-refractivity contribution in [3.8, 4) is 0 Å². The summed E-state index contributed by atoms with van der Waals surface area (Å²) < 4.78 is 0. The van der Waals surface area contributed by atoms with E-state index in [0.29, 0.717) is 0 Å². The number of anilines is 1. The largest absolute Gasteiger partial charge is 0.380 e. The van der Waals surface area contributed by atoms with Gasteiger partial charge in [0.1, 0.15) is 0 Å². The molecule has 20 heavy (non-hydrogen) atoms. The van der Waals surface area contributed by atoms with Gasteiger partial charge in [0.05, 0.1) is 17.7 Å². The van der Waals surface area contributed by atoms with Gasteiger partial charge >= 0.3 is 0 Å². The Hall–Kier alpha value is -1.39. The van der Waals surface area contributed by atoms with Gasteiger partial charge < -0.3 is 5.32 Å². The quantitative estimate of drug-likeness (QED) is 0.837. The lowest BCUT2D eigenvalue weighted by atomic mass is 10.1. The van der Waals surface area contributed by atoms with Crippen LogP contribution in [0.1, 0.15) is 30.0 Å². The summed E-state index contributed by atoms with van der Waals surface area (Å²) in [6.07, 6.45) is 0. The Morgan fingerprint density at radius 2 is 1.95 bits per heavy atom. The summed E-state index contributed by atoms with van der Waals surface area (Å²) >= 11 is 1.71. The van der Waals surface area contributed by atoms with Crippen LogP contribution in [0.4, 0.5) is 5.69 Å². The zero-order valence-electron chi connectivity index (χ0n) is 12.5. The number of hydrogen-bond acceptors (Lipinski definition) is 4. The van der Waals surface area contributed by atoms with E-state index in [0.717, 1.165) is 31.9 Å². The van der Waals surface area contributed by atoms with Crippen molar-refractivity contribution in [2.45, 2.75) is 33.9 Å². The third kappa shape index (κ3) is 3.81. The molecule has 0 spiro atoms. The molecular formula is C16H23N3S. The molecule has 0 saturated carbocycles. The summed E-state index contributed by atoms with van der Waals surface area (Å²) in [5, 5.41) is 3.55. The number of para-hydroxylation sites is 1. The van der Waals surface area contributed by atoms with Crippen molar-refractivity contribution in [2.24, 2.45) is 0 Å². The van der Waals surface area contributed by atoms with Gasteiger partial charge in [0.2, 0.25) is 0 Å². The summed E-state index contributed by atoms with van der Waals surface area (Å²) in [5.74, 6) is 0. The fraction of sp³-hybridized carbons (Fsp3) is 0.438. The molecule has 0 aliphatic heterocycles. The first-order valence-electron chi connectivity index (χ1n) is 7.17. The van der Waals surface area contributed by atoms with Gasteiger partial charge in [0.15, 0.2) is 0 Å². The maximum absolute atomic E-state index is 4.30. The zero-order chi connectivity index (χ0) is 14.4. The molecule has 1 N–H and O–H groups in total. The number of nitrogens with zero attached hydrogens (tertiary/aromatic N) is 2. The molecule has 108 valence electrons. The fourth-order valence-electron chi connectivity index (χ4n) is 2.19. The van der Waals surface area contributed by atoms with Crippen LogP contribution >= 0.6 is 11.3 Å². The Bertz CT molecular complexity index is 532. The highest BCUT2D eigenvalue weighted by Gasteiger charge is 2.07. The number of nitrogens with one attached hydrogen (secondary N) is 1. The highest BCUT2D eigenvalue weighted by atomic mass is 32.1. The Balaban J connectivity index is 2.06. The number of aromatic nitrogens is 1. The van der Waals surface area contributed by atoms with Crippen LogP contribution in [0.2, 0.25) is 0 Å².